The van der Waals surface area contributed by atoms with Gasteiger partial charge in [0.1, 0.15) is 5.75 Å². The van der Waals surface area contributed by atoms with Crippen molar-refractivity contribution < 1.29 is 14.1 Å². The topological polar surface area (TPSA) is 80.5 Å². The molecule has 2 heterocycles. The van der Waals surface area contributed by atoms with Gasteiger partial charge >= 0.3 is 6.03 Å². The molecule has 2 aromatic rings. The highest BCUT2D eigenvalue weighted by Crippen LogP contribution is 2.26. The number of hydrogen-bond donors (Lipinski definition) is 1. The quantitative estimate of drug-likeness (QED) is 0.871. The summed E-state index contributed by atoms with van der Waals surface area (Å²) < 4.78 is 11.1. The van der Waals surface area contributed by atoms with E-state index in [1.807, 2.05) is 38.1 Å². The monoisotopic (exact) mass is 344 g/mol. The van der Waals surface area contributed by atoms with Crippen LogP contribution in [0.2, 0.25) is 0 Å². The first-order valence-electron chi connectivity index (χ1n) is 8.70. The SMILES string of the molecule is CCNC(=O)N1CCC(c2nc(CCOc3cccc(C)c3)no2)C1. The molecule has 1 aromatic carbocycles. The number of amides is 2. The van der Waals surface area contributed by atoms with E-state index in [1.165, 1.54) is 0 Å². The number of aromatic nitrogens is 2. The maximum absolute atomic E-state index is 11.9. The standard InChI is InChI=1S/C18H24N4O3/c1-3-19-18(23)22-9-7-14(12-22)17-20-16(21-25-17)8-10-24-15-6-4-5-13(2)11-15/h4-6,11,14H,3,7-10,12H2,1-2H3,(H,19,23). The van der Waals surface area contributed by atoms with Crippen LogP contribution in [0.1, 0.15) is 36.5 Å². The van der Waals surface area contributed by atoms with Crippen LogP contribution < -0.4 is 10.1 Å². The number of carbonyl (C=O) groups excluding carboxylic acids is 1. The van der Waals surface area contributed by atoms with E-state index < -0.39 is 0 Å². The van der Waals surface area contributed by atoms with Crippen molar-refractivity contribution in [2.24, 2.45) is 0 Å². The number of likely N-dealkylation sites (tertiary alicyclic amines) is 1. The molecule has 0 aliphatic carbocycles. The third-order valence-electron chi connectivity index (χ3n) is 4.22. The molecule has 0 bridgehead atoms. The molecule has 1 N–H and O–H groups in total. The van der Waals surface area contributed by atoms with Gasteiger partial charge in [0, 0.05) is 26.1 Å². The smallest absolute Gasteiger partial charge is 0.317 e. The van der Waals surface area contributed by atoms with Crippen LogP contribution in [0.3, 0.4) is 0 Å². The van der Waals surface area contributed by atoms with Crippen LogP contribution in [0.5, 0.6) is 5.75 Å². The number of urea groups is 1. The molecular weight excluding hydrogens is 320 g/mol. The summed E-state index contributed by atoms with van der Waals surface area (Å²) in [6, 6.07) is 7.90. The van der Waals surface area contributed by atoms with Crippen LogP contribution in [0.15, 0.2) is 28.8 Å². The summed E-state index contributed by atoms with van der Waals surface area (Å²) in [6.07, 6.45) is 1.43. The Kier molecular flexibility index (Phi) is 5.53. The second kappa shape index (κ2) is 8.00. The molecule has 2 amide bonds. The first-order valence-corrected chi connectivity index (χ1v) is 8.70. The average molecular weight is 344 g/mol. The second-order valence-electron chi connectivity index (χ2n) is 6.23. The molecule has 0 spiro atoms. The van der Waals surface area contributed by atoms with Gasteiger partial charge in [-0.3, -0.25) is 0 Å². The lowest BCUT2D eigenvalue weighted by Gasteiger charge is -2.15. The predicted octanol–water partition coefficient (Wildman–Crippen LogP) is 2.52. The fourth-order valence-corrected chi connectivity index (χ4v) is 2.91. The number of carbonyl (C=O) groups is 1. The highest BCUT2D eigenvalue weighted by Gasteiger charge is 2.30. The van der Waals surface area contributed by atoms with Crippen LogP contribution in [-0.4, -0.2) is 47.3 Å². The third-order valence-corrected chi connectivity index (χ3v) is 4.22. The number of hydrogen-bond acceptors (Lipinski definition) is 5. The van der Waals surface area contributed by atoms with Crippen molar-refractivity contribution in [2.75, 3.05) is 26.2 Å². The highest BCUT2D eigenvalue weighted by molar-refractivity contribution is 5.74. The molecule has 25 heavy (non-hydrogen) atoms. The molecule has 1 atom stereocenters. The highest BCUT2D eigenvalue weighted by atomic mass is 16.5. The van der Waals surface area contributed by atoms with Crippen molar-refractivity contribution in [3.8, 4) is 5.75 Å². The van der Waals surface area contributed by atoms with E-state index in [2.05, 4.69) is 15.5 Å². The van der Waals surface area contributed by atoms with E-state index in [1.54, 1.807) is 4.90 Å². The van der Waals surface area contributed by atoms with Crippen molar-refractivity contribution in [1.29, 1.82) is 0 Å². The lowest BCUT2D eigenvalue weighted by molar-refractivity contribution is 0.208. The van der Waals surface area contributed by atoms with E-state index >= 15 is 0 Å². The van der Waals surface area contributed by atoms with Gasteiger partial charge in [0.15, 0.2) is 5.82 Å². The maximum atomic E-state index is 11.9. The molecule has 1 fully saturated rings. The Hall–Kier alpha value is -2.57. The molecule has 1 aliphatic heterocycles. The molecule has 7 nitrogen and oxygen atoms in total. The number of aryl methyl sites for hydroxylation is 1. The van der Waals surface area contributed by atoms with Crippen molar-refractivity contribution in [2.45, 2.75) is 32.6 Å². The summed E-state index contributed by atoms with van der Waals surface area (Å²) in [5, 5.41) is 6.85. The summed E-state index contributed by atoms with van der Waals surface area (Å²) >= 11 is 0. The lowest BCUT2D eigenvalue weighted by atomic mass is 10.1. The van der Waals surface area contributed by atoms with Gasteiger partial charge in [0.25, 0.3) is 0 Å². The van der Waals surface area contributed by atoms with Crippen LogP contribution in [0, 0.1) is 6.92 Å². The average Bonchev–Trinajstić information content (AvgIpc) is 3.24. The summed E-state index contributed by atoms with van der Waals surface area (Å²) in [6.45, 7) is 6.40. The minimum Gasteiger partial charge on any atom is -0.493 e. The number of nitrogens with one attached hydrogen (secondary N) is 1. The predicted molar refractivity (Wildman–Crippen MR) is 92.7 cm³/mol. The number of nitrogens with zero attached hydrogens (tertiary/aromatic N) is 3. The summed E-state index contributed by atoms with van der Waals surface area (Å²) in [5.41, 5.74) is 1.16. The third kappa shape index (κ3) is 4.49. The van der Waals surface area contributed by atoms with Crippen molar-refractivity contribution >= 4 is 6.03 Å². The van der Waals surface area contributed by atoms with E-state index in [0.717, 1.165) is 17.7 Å². The molecular formula is C18H24N4O3. The van der Waals surface area contributed by atoms with Crippen LogP contribution in [-0.2, 0) is 6.42 Å². The molecule has 7 heteroatoms. The molecule has 1 unspecified atom stereocenters. The molecule has 1 aliphatic rings. The second-order valence-corrected chi connectivity index (χ2v) is 6.23. The Balaban J connectivity index is 1.48. The Morgan fingerprint density at radius 1 is 1.48 bits per heavy atom. The molecule has 0 saturated carbocycles. The Morgan fingerprint density at radius 2 is 2.36 bits per heavy atom. The normalized spacial score (nSPS) is 16.9. The zero-order valence-corrected chi connectivity index (χ0v) is 14.7. The molecule has 1 aromatic heterocycles. The molecule has 134 valence electrons. The van der Waals surface area contributed by atoms with Crippen molar-refractivity contribution in [3.63, 3.8) is 0 Å². The fourth-order valence-electron chi connectivity index (χ4n) is 2.91. The van der Waals surface area contributed by atoms with Crippen LogP contribution in [0.25, 0.3) is 0 Å². The van der Waals surface area contributed by atoms with Gasteiger partial charge in [0.05, 0.1) is 12.5 Å². The fraction of sp³-hybridized carbons (Fsp3) is 0.500. The minimum atomic E-state index is -0.0312. The van der Waals surface area contributed by atoms with Gasteiger partial charge in [-0.05, 0) is 38.0 Å². The van der Waals surface area contributed by atoms with Crippen molar-refractivity contribution in [3.05, 3.63) is 41.5 Å². The minimum absolute atomic E-state index is 0.0312. The number of rotatable bonds is 6. The molecule has 0 radical (unpaired) electrons. The largest absolute Gasteiger partial charge is 0.493 e. The first kappa shape index (κ1) is 17.3. The summed E-state index contributed by atoms with van der Waals surface area (Å²) in [7, 11) is 0. The van der Waals surface area contributed by atoms with E-state index in [0.29, 0.717) is 44.4 Å². The maximum Gasteiger partial charge on any atom is 0.317 e. The number of benzene rings is 1. The Bertz CT molecular complexity index is 716. The van der Waals surface area contributed by atoms with Crippen LogP contribution in [0.4, 0.5) is 4.79 Å². The zero-order chi connectivity index (χ0) is 17.6. The summed E-state index contributed by atoms with van der Waals surface area (Å²) in [5.74, 6) is 2.20. The van der Waals surface area contributed by atoms with E-state index in [9.17, 15) is 4.79 Å². The van der Waals surface area contributed by atoms with Gasteiger partial charge in [-0.15, -0.1) is 0 Å². The van der Waals surface area contributed by atoms with Gasteiger partial charge in [0.2, 0.25) is 5.89 Å². The van der Waals surface area contributed by atoms with E-state index in [-0.39, 0.29) is 11.9 Å². The van der Waals surface area contributed by atoms with Gasteiger partial charge in [-0.2, -0.15) is 4.98 Å². The van der Waals surface area contributed by atoms with Gasteiger partial charge in [-0.25, -0.2) is 4.79 Å². The number of ether oxygens (including phenoxy) is 1. The zero-order valence-electron chi connectivity index (χ0n) is 14.7. The molecule has 3 rings (SSSR count). The first-order chi connectivity index (χ1) is 12.2. The Morgan fingerprint density at radius 3 is 3.16 bits per heavy atom. The molecule has 1 saturated heterocycles. The lowest BCUT2D eigenvalue weighted by Crippen LogP contribution is -2.38. The van der Waals surface area contributed by atoms with Crippen LogP contribution >= 0.6 is 0 Å². The van der Waals surface area contributed by atoms with E-state index in [4.69, 9.17) is 9.26 Å². The Labute approximate surface area is 147 Å². The summed E-state index contributed by atoms with van der Waals surface area (Å²) in [4.78, 5) is 18.1. The van der Waals surface area contributed by atoms with Gasteiger partial charge < -0.3 is 19.5 Å². The van der Waals surface area contributed by atoms with Gasteiger partial charge in [-0.1, -0.05) is 17.3 Å². The van der Waals surface area contributed by atoms with Crippen molar-refractivity contribution in [1.82, 2.24) is 20.4 Å².